The van der Waals surface area contributed by atoms with E-state index >= 15 is 0 Å². The summed E-state index contributed by atoms with van der Waals surface area (Å²) in [5, 5.41) is 4.67. The first-order valence-electron chi connectivity index (χ1n) is 9.56. The lowest BCUT2D eigenvalue weighted by Crippen LogP contribution is -2.39. The van der Waals surface area contributed by atoms with E-state index in [0.29, 0.717) is 32.1 Å². The molecule has 0 spiro atoms. The third-order valence-electron chi connectivity index (χ3n) is 5.08. The molecular formula is C21H30N4O2. The summed E-state index contributed by atoms with van der Waals surface area (Å²) in [5.41, 5.74) is 3.99. The zero-order valence-corrected chi connectivity index (χ0v) is 16.8. The van der Waals surface area contributed by atoms with Gasteiger partial charge < -0.3 is 14.5 Å². The molecule has 1 aliphatic rings. The highest BCUT2D eigenvalue weighted by molar-refractivity contribution is 5.79. The fourth-order valence-electron chi connectivity index (χ4n) is 3.75. The standard InChI is InChI=1S/C21H30N4O2/c1-16-20(17(2)25(22-16)19-8-6-5-7-9-19)12-21(26)24-10-11-27-15-18(14-24)13-23(3)4/h5-9,18H,10-15H2,1-4H3/t18-/m1/s1. The normalized spacial score (nSPS) is 18.0. The van der Waals surface area contributed by atoms with Crippen LogP contribution in [0.3, 0.4) is 0 Å². The molecule has 1 aliphatic heterocycles. The minimum Gasteiger partial charge on any atom is -0.379 e. The van der Waals surface area contributed by atoms with Gasteiger partial charge in [0, 0.05) is 36.8 Å². The van der Waals surface area contributed by atoms with E-state index in [1.54, 1.807) is 0 Å². The number of benzene rings is 1. The molecule has 6 heteroatoms. The van der Waals surface area contributed by atoms with Crippen LogP contribution in [0.15, 0.2) is 30.3 Å². The Morgan fingerprint density at radius 1 is 1.26 bits per heavy atom. The second kappa shape index (κ2) is 8.67. The van der Waals surface area contributed by atoms with E-state index in [2.05, 4.69) is 24.1 Å². The quantitative estimate of drug-likeness (QED) is 0.809. The zero-order chi connectivity index (χ0) is 19.4. The van der Waals surface area contributed by atoms with E-state index in [-0.39, 0.29) is 5.91 Å². The number of nitrogens with zero attached hydrogens (tertiary/aromatic N) is 4. The number of hydrogen-bond donors (Lipinski definition) is 0. The van der Waals surface area contributed by atoms with Crippen molar-refractivity contribution in [2.45, 2.75) is 20.3 Å². The predicted octanol–water partition coefficient (Wildman–Crippen LogP) is 2.07. The molecule has 27 heavy (non-hydrogen) atoms. The molecule has 6 nitrogen and oxygen atoms in total. The molecule has 0 aliphatic carbocycles. The van der Waals surface area contributed by atoms with Crippen molar-refractivity contribution in [3.8, 4) is 5.69 Å². The van der Waals surface area contributed by atoms with Gasteiger partial charge in [-0.2, -0.15) is 5.10 Å². The van der Waals surface area contributed by atoms with Gasteiger partial charge in [-0.05, 0) is 40.1 Å². The summed E-state index contributed by atoms with van der Waals surface area (Å²) in [6.07, 6.45) is 0.388. The average Bonchev–Trinajstić information content (AvgIpc) is 2.81. The van der Waals surface area contributed by atoms with Crippen LogP contribution in [-0.2, 0) is 16.0 Å². The fourth-order valence-corrected chi connectivity index (χ4v) is 3.75. The van der Waals surface area contributed by atoms with Crippen LogP contribution in [-0.4, -0.2) is 72.4 Å². The number of carbonyl (C=O) groups excluding carboxylic acids is 1. The number of rotatable bonds is 5. The molecule has 3 rings (SSSR count). The zero-order valence-electron chi connectivity index (χ0n) is 16.8. The molecular weight excluding hydrogens is 340 g/mol. The number of amides is 1. The van der Waals surface area contributed by atoms with Gasteiger partial charge in [0.25, 0.3) is 0 Å². The Morgan fingerprint density at radius 2 is 2.00 bits per heavy atom. The molecule has 1 fully saturated rings. The molecule has 0 radical (unpaired) electrons. The Labute approximate surface area is 161 Å². The van der Waals surface area contributed by atoms with Crippen LogP contribution in [0, 0.1) is 19.8 Å². The van der Waals surface area contributed by atoms with E-state index in [9.17, 15) is 4.79 Å². The summed E-state index contributed by atoms with van der Waals surface area (Å²) >= 11 is 0. The first kappa shape index (κ1) is 19.6. The topological polar surface area (TPSA) is 50.6 Å². The molecule has 2 aromatic rings. The number of carbonyl (C=O) groups is 1. The van der Waals surface area contributed by atoms with Gasteiger partial charge in [-0.15, -0.1) is 0 Å². The van der Waals surface area contributed by atoms with E-state index < -0.39 is 0 Å². The van der Waals surface area contributed by atoms with Crippen molar-refractivity contribution in [3.63, 3.8) is 0 Å². The van der Waals surface area contributed by atoms with E-state index in [1.165, 1.54) is 0 Å². The van der Waals surface area contributed by atoms with Crippen LogP contribution >= 0.6 is 0 Å². The van der Waals surface area contributed by atoms with Crippen molar-refractivity contribution in [2.24, 2.45) is 5.92 Å². The van der Waals surface area contributed by atoms with Crippen LogP contribution in [0.25, 0.3) is 5.69 Å². The molecule has 1 aromatic heterocycles. The van der Waals surface area contributed by atoms with Gasteiger partial charge in [0.05, 0.1) is 31.0 Å². The number of aryl methyl sites for hydroxylation is 1. The van der Waals surface area contributed by atoms with E-state index in [4.69, 9.17) is 4.74 Å². The maximum atomic E-state index is 13.0. The average molecular weight is 370 g/mol. The third kappa shape index (κ3) is 4.76. The van der Waals surface area contributed by atoms with Crippen molar-refractivity contribution in [1.82, 2.24) is 19.6 Å². The highest BCUT2D eigenvalue weighted by atomic mass is 16.5. The SMILES string of the molecule is Cc1nn(-c2ccccc2)c(C)c1CC(=O)N1CCOC[C@H](CN(C)C)C1. The van der Waals surface area contributed by atoms with Crippen LogP contribution in [0.4, 0.5) is 0 Å². The first-order valence-corrected chi connectivity index (χ1v) is 9.56. The summed E-state index contributed by atoms with van der Waals surface area (Å²) in [4.78, 5) is 17.1. The molecule has 2 heterocycles. The van der Waals surface area contributed by atoms with Crippen LogP contribution in [0.5, 0.6) is 0 Å². The maximum Gasteiger partial charge on any atom is 0.227 e. The molecule has 1 aromatic carbocycles. The number of ether oxygens (including phenoxy) is 1. The van der Waals surface area contributed by atoms with Gasteiger partial charge >= 0.3 is 0 Å². The lowest BCUT2D eigenvalue weighted by Gasteiger charge is -2.25. The molecule has 1 atom stereocenters. The van der Waals surface area contributed by atoms with Crippen molar-refractivity contribution in [3.05, 3.63) is 47.3 Å². The largest absolute Gasteiger partial charge is 0.379 e. The van der Waals surface area contributed by atoms with Gasteiger partial charge in [0.1, 0.15) is 0 Å². The van der Waals surface area contributed by atoms with Gasteiger partial charge in [0.2, 0.25) is 5.91 Å². The van der Waals surface area contributed by atoms with Gasteiger partial charge in [-0.1, -0.05) is 18.2 Å². The van der Waals surface area contributed by atoms with Gasteiger partial charge in [0.15, 0.2) is 0 Å². The van der Waals surface area contributed by atoms with Crippen LogP contribution in [0.2, 0.25) is 0 Å². The van der Waals surface area contributed by atoms with Crippen molar-refractivity contribution >= 4 is 5.91 Å². The van der Waals surface area contributed by atoms with Crippen LogP contribution in [0.1, 0.15) is 17.0 Å². The molecule has 1 saturated heterocycles. The van der Waals surface area contributed by atoms with E-state index in [1.807, 2.05) is 53.8 Å². The monoisotopic (exact) mass is 370 g/mol. The summed E-state index contributed by atoms with van der Waals surface area (Å²) in [7, 11) is 4.11. The smallest absolute Gasteiger partial charge is 0.227 e. The fraction of sp³-hybridized carbons (Fsp3) is 0.524. The van der Waals surface area contributed by atoms with Crippen LogP contribution < -0.4 is 0 Å². The Bertz CT molecular complexity index is 770. The molecule has 0 N–H and O–H groups in total. The van der Waals surface area contributed by atoms with Crippen molar-refractivity contribution in [2.75, 3.05) is 46.9 Å². The Kier molecular flexibility index (Phi) is 6.29. The second-order valence-corrected chi connectivity index (χ2v) is 7.62. The highest BCUT2D eigenvalue weighted by Crippen LogP contribution is 2.20. The summed E-state index contributed by atoms with van der Waals surface area (Å²) in [6, 6.07) is 10.1. The van der Waals surface area contributed by atoms with E-state index in [0.717, 1.165) is 35.7 Å². The maximum absolute atomic E-state index is 13.0. The second-order valence-electron chi connectivity index (χ2n) is 7.62. The molecule has 0 bridgehead atoms. The summed E-state index contributed by atoms with van der Waals surface area (Å²) in [5.74, 6) is 0.503. The third-order valence-corrected chi connectivity index (χ3v) is 5.08. The van der Waals surface area contributed by atoms with Gasteiger partial charge in [-0.25, -0.2) is 4.68 Å². The van der Waals surface area contributed by atoms with Gasteiger partial charge in [-0.3, -0.25) is 4.79 Å². The highest BCUT2D eigenvalue weighted by Gasteiger charge is 2.25. The molecule has 0 unspecified atom stereocenters. The number of para-hydroxylation sites is 1. The Morgan fingerprint density at radius 3 is 2.70 bits per heavy atom. The minimum absolute atomic E-state index is 0.156. The molecule has 0 saturated carbocycles. The Balaban J connectivity index is 1.74. The lowest BCUT2D eigenvalue weighted by molar-refractivity contribution is -0.130. The summed E-state index contributed by atoms with van der Waals surface area (Å²) in [6.45, 7) is 7.68. The number of aromatic nitrogens is 2. The molecule has 1 amide bonds. The Hall–Kier alpha value is -2.18. The predicted molar refractivity (Wildman–Crippen MR) is 106 cm³/mol. The summed E-state index contributed by atoms with van der Waals surface area (Å²) < 4.78 is 7.64. The number of hydrogen-bond acceptors (Lipinski definition) is 4. The van der Waals surface area contributed by atoms with Crippen molar-refractivity contribution < 1.29 is 9.53 Å². The molecule has 146 valence electrons. The van der Waals surface area contributed by atoms with Crippen molar-refractivity contribution in [1.29, 1.82) is 0 Å². The first-order chi connectivity index (χ1) is 13.0. The minimum atomic E-state index is 0.156. The lowest BCUT2D eigenvalue weighted by atomic mass is 10.1.